The second-order valence-corrected chi connectivity index (χ2v) is 5.41. The average molecular weight is 268 g/mol. The van der Waals surface area contributed by atoms with E-state index in [0.717, 1.165) is 29.8 Å². The number of halogens is 2. The molecule has 1 aliphatic heterocycles. The SMILES string of the molecule is Cc1ccc(C(F)(F)CN2CCNCC2)c(C)c1C. The maximum atomic E-state index is 14.5. The molecule has 0 aliphatic carbocycles. The lowest BCUT2D eigenvalue weighted by Gasteiger charge is -2.31. The van der Waals surface area contributed by atoms with Gasteiger partial charge in [-0.3, -0.25) is 4.90 Å². The molecule has 1 saturated heterocycles. The Labute approximate surface area is 113 Å². The summed E-state index contributed by atoms with van der Waals surface area (Å²) in [5.74, 6) is -2.78. The Hall–Kier alpha value is -1.00. The number of alkyl halides is 2. The van der Waals surface area contributed by atoms with Gasteiger partial charge in [-0.05, 0) is 37.5 Å². The van der Waals surface area contributed by atoms with Crippen LogP contribution >= 0.6 is 0 Å². The van der Waals surface area contributed by atoms with Crippen molar-refractivity contribution in [3.63, 3.8) is 0 Å². The zero-order valence-electron chi connectivity index (χ0n) is 11.9. The van der Waals surface area contributed by atoms with Gasteiger partial charge in [0.05, 0.1) is 6.54 Å². The predicted octanol–water partition coefficient (Wildman–Crippen LogP) is 2.61. The topological polar surface area (TPSA) is 15.3 Å². The number of benzene rings is 1. The van der Waals surface area contributed by atoms with Gasteiger partial charge in [0.2, 0.25) is 0 Å². The molecule has 1 heterocycles. The molecule has 0 unspecified atom stereocenters. The molecular formula is C15H22F2N2. The van der Waals surface area contributed by atoms with E-state index in [1.807, 2.05) is 18.7 Å². The van der Waals surface area contributed by atoms with E-state index in [9.17, 15) is 8.78 Å². The Bertz CT molecular complexity index is 452. The van der Waals surface area contributed by atoms with Gasteiger partial charge in [0, 0.05) is 31.7 Å². The number of aryl methyl sites for hydroxylation is 1. The van der Waals surface area contributed by atoms with Crippen molar-refractivity contribution in [2.45, 2.75) is 26.7 Å². The Morgan fingerprint density at radius 2 is 1.74 bits per heavy atom. The second-order valence-electron chi connectivity index (χ2n) is 5.41. The van der Waals surface area contributed by atoms with Crippen molar-refractivity contribution < 1.29 is 8.78 Å². The highest BCUT2D eigenvalue weighted by Gasteiger charge is 2.36. The van der Waals surface area contributed by atoms with Crippen molar-refractivity contribution in [1.82, 2.24) is 10.2 Å². The number of nitrogens with one attached hydrogen (secondary N) is 1. The van der Waals surface area contributed by atoms with E-state index in [0.29, 0.717) is 13.1 Å². The van der Waals surface area contributed by atoms with Crippen LogP contribution in [0.15, 0.2) is 12.1 Å². The van der Waals surface area contributed by atoms with Crippen LogP contribution in [0.3, 0.4) is 0 Å². The molecular weight excluding hydrogens is 246 g/mol. The summed E-state index contributed by atoms with van der Waals surface area (Å²) in [5.41, 5.74) is 2.94. The van der Waals surface area contributed by atoms with Gasteiger partial charge in [-0.2, -0.15) is 8.78 Å². The lowest BCUT2D eigenvalue weighted by Crippen LogP contribution is -2.47. The van der Waals surface area contributed by atoms with Gasteiger partial charge in [-0.15, -0.1) is 0 Å². The van der Waals surface area contributed by atoms with Gasteiger partial charge in [0.15, 0.2) is 0 Å². The normalized spacial score (nSPS) is 17.7. The van der Waals surface area contributed by atoms with Crippen LogP contribution in [0.1, 0.15) is 22.3 Å². The smallest absolute Gasteiger partial charge is 0.285 e. The highest BCUT2D eigenvalue weighted by atomic mass is 19.3. The highest BCUT2D eigenvalue weighted by Crippen LogP contribution is 2.33. The monoisotopic (exact) mass is 268 g/mol. The van der Waals surface area contributed by atoms with Crippen LogP contribution in [0, 0.1) is 20.8 Å². The first-order chi connectivity index (χ1) is 8.92. The minimum Gasteiger partial charge on any atom is -0.314 e. The van der Waals surface area contributed by atoms with E-state index >= 15 is 0 Å². The molecule has 1 N–H and O–H groups in total. The van der Waals surface area contributed by atoms with Gasteiger partial charge in [-0.25, -0.2) is 0 Å². The van der Waals surface area contributed by atoms with Gasteiger partial charge in [-0.1, -0.05) is 12.1 Å². The second kappa shape index (κ2) is 5.55. The summed E-state index contributed by atoms with van der Waals surface area (Å²) in [7, 11) is 0. The van der Waals surface area contributed by atoms with Crippen molar-refractivity contribution in [3.05, 3.63) is 34.4 Å². The maximum absolute atomic E-state index is 14.5. The minimum atomic E-state index is -2.78. The van der Waals surface area contributed by atoms with Crippen LogP contribution in [0.5, 0.6) is 0 Å². The third-order valence-electron chi connectivity index (χ3n) is 4.08. The standard InChI is InChI=1S/C15H22F2N2/c1-11-4-5-14(13(3)12(11)2)15(16,17)10-19-8-6-18-7-9-19/h4-5,18H,6-10H2,1-3H3. The fraction of sp³-hybridized carbons (Fsp3) is 0.600. The molecule has 106 valence electrons. The van der Waals surface area contributed by atoms with E-state index < -0.39 is 5.92 Å². The first-order valence-electron chi connectivity index (χ1n) is 6.80. The average Bonchev–Trinajstić information content (AvgIpc) is 2.36. The predicted molar refractivity (Wildman–Crippen MR) is 73.9 cm³/mol. The van der Waals surface area contributed by atoms with E-state index in [2.05, 4.69) is 5.32 Å². The first-order valence-corrected chi connectivity index (χ1v) is 6.80. The summed E-state index contributed by atoms with van der Waals surface area (Å²) in [6, 6.07) is 3.38. The molecule has 2 rings (SSSR count). The molecule has 1 aliphatic rings. The summed E-state index contributed by atoms with van der Waals surface area (Å²) < 4.78 is 28.9. The Morgan fingerprint density at radius 1 is 1.11 bits per heavy atom. The van der Waals surface area contributed by atoms with E-state index in [-0.39, 0.29) is 12.1 Å². The van der Waals surface area contributed by atoms with Crippen LogP contribution in [-0.4, -0.2) is 37.6 Å². The Morgan fingerprint density at radius 3 is 2.37 bits per heavy atom. The molecule has 0 atom stereocenters. The zero-order chi connectivity index (χ0) is 14.0. The minimum absolute atomic E-state index is 0.175. The van der Waals surface area contributed by atoms with Crippen LogP contribution in [0.25, 0.3) is 0 Å². The van der Waals surface area contributed by atoms with Crippen molar-refractivity contribution in [2.75, 3.05) is 32.7 Å². The fourth-order valence-corrected chi connectivity index (χ4v) is 2.59. The molecule has 0 amide bonds. The quantitative estimate of drug-likeness (QED) is 0.906. The van der Waals surface area contributed by atoms with Crippen LogP contribution < -0.4 is 5.32 Å². The molecule has 1 aromatic rings. The Balaban J connectivity index is 2.21. The summed E-state index contributed by atoms with van der Waals surface area (Å²) in [6.45, 7) is 8.46. The van der Waals surface area contributed by atoms with Gasteiger partial charge < -0.3 is 5.32 Å². The third-order valence-corrected chi connectivity index (χ3v) is 4.08. The summed E-state index contributed by atoms with van der Waals surface area (Å²) in [5, 5.41) is 3.18. The highest BCUT2D eigenvalue weighted by molar-refractivity contribution is 5.41. The van der Waals surface area contributed by atoms with Gasteiger partial charge >= 0.3 is 0 Å². The molecule has 0 spiro atoms. The largest absolute Gasteiger partial charge is 0.314 e. The van der Waals surface area contributed by atoms with Gasteiger partial charge in [0.1, 0.15) is 0 Å². The van der Waals surface area contributed by atoms with Crippen LogP contribution in [0.2, 0.25) is 0 Å². The fourth-order valence-electron chi connectivity index (χ4n) is 2.59. The number of nitrogens with zero attached hydrogens (tertiary/aromatic N) is 1. The molecule has 1 aromatic carbocycles. The molecule has 0 radical (unpaired) electrons. The summed E-state index contributed by atoms with van der Waals surface area (Å²) in [6.07, 6.45) is 0. The molecule has 4 heteroatoms. The maximum Gasteiger partial charge on any atom is 0.285 e. The number of hydrogen-bond acceptors (Lipinski definition) is 2. The van der Waals surface area contributed by atoms with Crippen molar-refractivity contribution in [2.24, 2.45) is 0 Å². The Kier molecular flexibility index (Phi) is 4.21. The van der Waals surface area contributed by atoms with Crippen molar-refractivity contribution in [3.8, 4) is 0 Å². The number of piperazine rings is 1. The van der Waals surface area contributed by atoms with Gasteiger partial charge in [0.25, 0.3) is 5.92 Å². The van der Waals surface area contributed by atoms with Crippen molar-refractivity contribution >= 4 is 0 Å². The zero-order valence-corrected chi connectivity index (χ0v) is 11.9. The van der Waals surface area contributed by atoms with Crippen molar-refractivity contribution in [1.29, 1.82) is 0 Å². The van der Waals surface area contributed by atoms with Crippen LogP contribution in [0.4, 0.5) is 8.78 Å². The number of rotatable bonds is 3. The molecule has 19 heavy (non-hydrogen) atoms. The molecule has 1 fully saturated rings. The molecule has 0 aromatic heterocycles. The van der Waals surface area contributed by atoms with E-state index in [1.165, 1.54) is 0 Å². The molecule has 0 saturated carbocycles. The molecule has 0 bridgehead atoms. The first kappa shape index (κ1) is 14.4. The lowest BCUT2D eigenvalue weighted by atomic mass is 9.94. The van der Waals surface area contributed by atoms with E-state index in [1.54, 1.807) is 19.1 Å². The third kappa shape index (κ3) is 3.12. The number of hydrogen-bond donors (Lipinski definition) is 1. The molecule has 2 nitrogen and oxygen atoms in total. The van der Waals surface area contributed by atoms with E-state index in [4.69, 9.17) is 0 Å². The summed E-state index contributed by atoms with van der Waals surface area (Å²) >= 11 is 0. The lowest BCUT2D eigenvalue weighted by molar-refractivity contribution is -0.0406. The van der Waals surface area contributed by atoms with Crippen LogP contribution in [-0.2, 0) is 5.92 Å². The summed E-state index contributed by atoms with van der Waals surface area (Å²) in [4.78, 5) is 1.84.